The number of aryl methyl sites for hydroxylation is 1. The second kappa shape index (κ2) is 5.48. The van der Waals surface area contributed by atoms with Crippen LogP contribution >= 0.6 is 11.3 Å². The van der Waals surface area contributed by atoms with Crippen molar-refractivity contribution in [2.45, 2.75) is 43.4 Å². The number of thiophene rings is 1. The van der Waals surface area contributed by atoms with Gasteiger partial charge in [0.2, 0.25) is 0 Å². The molecule has 6 heteroatoms. The zero-order valence-electron chi connectivity index (χ0n) is 10.4. The van der Waals surface area contributed by atoms with Gasteiger partial charge in [-0.3, -0.25) is 0 Å². The molecule has 0 spiro atoms. The first-order valence-corrected chi connectivity index (χ1v) is 7.84. The average molecular weight is 277 g/mol. The summed E-state index contributed by atoms with van der Waals surface area (Å²) in [6, 6.07) is 3.46. The molecule has 1 rings (SSSR count). The van der Waals surface area contributed by atoms with Gasteiger partial charge in [-0.2, -0.15) is 0 Å². The quantitative estimate of drug-likeness (QED) is 0.832. The second-order valence-electron chi connectivity index (χ2n) is 4.54. The lowest BCUT2D eigenvalue weighted by atomic mass is 10.0. The van der Waals surface area contributed by atoms with Crippen LogP contribution in [0.15, 0.2) is 16.3 Å². The molecule has 0 aliphatic rings. The first-order valence-electron chi connectivity index (χ1n) is 5.54. The first-order chi connectivity index (χ1) is 7.80. The summed E-state index contributed by atoms with van der Waals surface area (Å²) in [6.45, 7) is 5.47. The lowest BCUT2D eigenvalue weighted by molar-refractivity contribution is 0.246. The molecule has 0 radical (unpaired) electrons. The molecule has 1 aromatic heterocycles. The molecule has 0 saturated heterocycles. The van der Waals surface area contributed by atoms with Gasteiger partial charge in [-0.05, 0) is 38.8 Å². The van der Waals surface area contributed by atoms with Crippen molar-refractivity contribution in [1.82, 2.24) is 4.72 Å². The molecular formula is C11H19NO3S2. The van der Waals surface area contributed by atoms with Crippen LogP contribution < -0.4 is 4.72 Å². The number of hydrogen-bond donors (Lipinski definition) is 2. The van der Waals surface area contributed by atoms with Crippen LogP contribution in [0.2, 0.25) is 0 Å². The van der Waals surface area contributed by atoms with Crippen LogP contribution in [0, 0.1) is 0 Å². The van der Waals surface area contributed by atoms with Gasteiger partial charge in [-0.25, -0.2) is 13.1 Å². The highest BCUT2D eigenvalue weighted by Gasteiger charge is 2.26. The molecule has 0 fully saturated rings. The zero-order valence-corrected chi connectivity index (χ0v) is 12.0. The van der Waals surface area contributed by atoms with Crippen molar-refractivity contribution < 1.29 is 13.5 Å². The number of aliphatic hydroxyl groups is 1. The highest BCUT2D eigenvalue weighted by Crippen LogP contribution is 2.23. The Hall–Kier alpha value is -0.430. The van der Waals surface area contributed by atoms with E-state index >= 15 is 0 Å². The fraction of sp³-hybridized carbons (Fsp3) is 0.636. The van der Waals surface area contributed by atoms with Crippen molar-refractivity contribution in [3.05, 3.63) is 17.0 Å². The molecule has 0 aliphatic carbocycles. The minimum absolute atomic E-state index is 0.0415. The molecule has 98 valence electrons. The third kappa shape index (κ3) is 4.06. The summed E-state index contributed by atoms with van der Waals surface area (Å²) in [5.74, 6) is 0. The molecule has 0 saturated carbocycles. The van der Waals surface area contributed by atoms with Crippen LogP contribution in [-0.2, 0) is 16.4 Å². The molecule has 0 amide bonds. The first kappa shape index (κ1) is 14.6. The smallest absolute Gasteiger partial charge is 0.250 e. The monoisotopic (exact) mass is 277 g/mol. The Balaban J connectivity index is 2.88. The molecule has 1 heterocycles. The lowest BCUT2D eigenvalue weighted by Crippen LogP contribution is -2.43. The van der Waals surface area contributed by atoms with E-state index in [1.807, 2.05) is 13.0 Å². The van der Waals surface area contributed by atoms with E-state index in [-0.39, 0.29) is 6.61 Å². The van der Waals surface area contributed by atoms with E-state index in [0.717, 1.165) is 11.3 Å². The van der Waals surface area contributed by atoms with E-state index in [1.165, 1.54) is 11.3 Å². The van der Waals surface area contributed by atoms with Crippen molar-refractivity contribution in [1.29, 1.82) is 0 Å². The van der Waals surface area contributed by atoms with Gasteiger partial charge in [-0.15, -0.1) is 11.3 Å². The van der Waals surface area contributed by atoms with Gasteiger partial charge in [0.15, 0.2) is 0 Å². The normalized spacial score (nSPS) is 12.9. The number of sulfonamides is 1. The number of rotatable bonds is 6. The minimum atomic E-state index is -3.47. The Bertz CT molecular complexity index is 463. The van der Waals surface area contributed by atoms with Crippen LogP contribution in [0.5, 0.6) is 0 Å². The van der Waals surface area contributed by atoms with E-state index in [9.17, 15) is 8.42 Å². The highest BCUT2D eigenvalue weighted by atomic mass is 32.2. The Morgan fingerprint density at radius 1 is 1.41 bits per heavy atom. The van der Waals surface area contributed by atoms with Crippen molar-refractivity contribution >= 4 is 21.4 Å². The van der Waals surface area contributed by atoms with E-state index in [4.69, 9.17) is 5.11 Å². The second-order valence-corrected chi connectivity index (χ2v) is 7.61. The molecule has 0 bridgehead atoms. The van der Waals surface area contributed by atoms with E-state index in [0.29, 0.717) is 10.6 Å². The molecule has 1 aromatic rings. The molecule has 0 aromatic carbocycles. The van der Waals surface area contributed by atoms with E-state index in [1.54, 1.807) is 19.9 Å². The molecule has 17 heavy (non-hydrogen) atoms. The van der Waals surface area contributed by atoms with Gasteiger partial charge >= 0.3 is 0 Å². The average Bonchev–Trinajstić information content (AvgIpc) is 2.64. The van der Waals surface area contributed by atoms with Crippen molar-refractivity contribution in [3.63, 3.8) is 0 Å². The summed E-state index contributed by atoms with van der Waals surface area (Å²) in [5, 5.41) is 8.88. The molecule has 0 atom stereocenters. The van der Waals surface area contributed by atoms with Crippen molar-refractivity contribution in [3.8, 4) is 0 Å². The van der Waals surface area contributed by atoms with Crippen molar-refractivity contribution in [2.24, 2.45) is 0 Å². The van der Waals surface area contributed by atoms with Crippen LogP contribution in [0.3, 0.4) is 0 Å². The topological polar surface area (TPSA) is 66.4 Å². The van der Waals surface area contributed by atoms with Gasteiger partial charge < -0.3 is 5.11 Å². The van der Waals surface area contributed by atoms with Crippen LogP contribution in [0.4, 0.5) is 0 Å². The van der Waals surface area contributed by atoms with Gasteiger partial charge in [0.05, 0.1) is 0 Å². The molecule has 0 unspecified atom stereocenters. The van der Waals surface area contributed by atoms with Gasteiger partial charge in [-0.1, -0.05) is 6.92 Å². The summed E-state index contributed by atoms with van der Waals surface area (Å²) in [6.07, 6.45) is 1.22. The SMILES string of the molecule is CCc1ccc(S(=O)(=O)NC(C)(C)CCO)s1. The highest BCUT2D eigenvalue weighted by molar-refractivity contribution is 7.91. The Morgan fingerprint density at radius 2 is 2.06 bits per heavy atom. The predicted molar refractivity (Wildman–Crippen MR) is 69.8 cm³/mol. The maximum atomic E-state index is 12.1. The van der Waals surface area contributed by atoms with E-state index in [2.05, 4.69) is 4.72 Å². The Kier molecular flexibility index (Phi) is 4.71. The molecule has 2 N–H and O–H groups in total. The van der Waals surface area contributed by atoms with Gasteiger partial charge in [0.25, 0.3) is 10.0 Å². The van der Waals surface area contributed by atoms with Crippen LogP contribution in [0.25, 0.3) is 0 Å². The zero-order chi connectivity index (χ0) is 13.1. The fourth-order valence-electron chi connectivity index (χ4n) is 1.44. The third-order valence-electron chi connectivity index (χ3n) is 2.40. The number of nitrogens with one attached hydrogen (secondary N) is 1. The van der Waals surface area contributed by atoms with Gasteiger partial charge in [0.1, 0.15) is 4.21 Å². The summed E-state index contributed by atoms with van der Waals surface area (Å²) in [5.41, 5.74) is -0.635. The van der Waals surface area contributed by atoms with Crippen LogP contribution in [-0.4, -0.2) is 25.7 Å². The molecule has 4 nitrogen and oxygen atoms in total. The summed E-state index contributed by atoms with van der Waals surface area (Å²) < 4.78 is 27.1. The summed E-state index contributed by atoms with van der Waals surface area (Å²) >= 11 is 1.29. The Labute approximate surface area is 107 Å². The Morgan fingerprint density at radius 3 is 2.53 bits per heavy atom. The molecular weight excluding hydrogens is 258 g/mol. The van der Waals surface area contributed by atoms with E-state index < -0.39 is 15.6 Å². The maximum Gasteiger partial charge on any atom is 0.250 e. The third-order valence-corrected chi connectivity index (χ3v) is 5.82. The fourth-order valence-corrected chi connectivity index (χ4v) is 4.17. The standard InChI is InChI=1S/C11H19NO3S2/c1-4-9-5-6-10(16-9)17(14,15)12-11(2,3)7-8-13/h5-6,12-13H,4,7-8H2,1-3H3. The number of hydrogen-bond acceptors (Lipinski definition) is 4. The summed E-state index contributed by atoms with van der Waals surface area (Å²) in [7, 11) is -3.47. The van der Waals surface area contributed by atoms with Crippen LogP contribution in [0.1, 0.15) is 32.1 Å². The molecule has 0 aliphatic heterocycles. The lowest BCUT2D eigenvalue weighted by Gasteiger charge is -2.24. The largest absolute Gasteiger partial charge is 0.396 e. The van der Waals surface area contributed by atoms with Crippen molar-refractivity contribution in [2.75, 3.05) is 6.61 Å². The predicted octanol–water partition coefficient (Wildman–Crippen LogP) is 1.75. The maximum absolute atomic E-state index is 12.1. The number of aliphatic hydroxyl groups excluding tert-OH is 1. The summed E-state index contributed by atoms with van der Waals surface area (Å²) in [4.78, 5) is 1.05. The van der Waals surface area contributed by atoms with Gasteiger partial charge in [0, 0.05) is 17.0 Å². The minimum Gasteiger partial charge on any atom is -0.396 e.